The fourth-order valence-corrected chi connectivity index (χ4v) is 3.26. The maximum atomic E-state index is 3.62. The highest BCUT2D eigenvalue weighted by Crippen LogP contribution is 2.19. The summed E-state index contributed by atoms with van der Waals surface area (Å²) in [5.74, 6) is 0. The molecule has 0 heterocycles. The van der Waals surface area contributed by atoms with E-state index in [0.717, 1.165) is 13.1 Å². The first-order valence-corrected chi connectivity index (χ1v) is 10.2. The molecular formula is C26H32N2. The molecule has 146 valence electrons. The lowest BCUT2D eigenvalue weighted by Crippen LogP contribution is -2.19. The molecule has 3 rings (SSSR count). The van der Waals surface area contributed by atoms with E-state index in [4.69, 9.17) is 0 Å². The van der Waals surface area contributed by atoms with Crippen molar-refractivity contribution in [3.8, 4) is 0 Å². The van der Waals surface area contributed by atoms with Crippen LogP contribution in [-0.4, -0.2) is 0 Å². The number of aryl methyl sites for hydroxylation is 2. The van der Waals surface area contributed by atoms with Gasteiger partial charge < -0.3 is 10.6 Å². The molecule has 0 fully saturated rings. The highest BCUT2D eigenvalue weighted by Gasteiger charge is 2.08. The summed E-state index contributed by atoms with van der Waals surface area (Å²) in [5, 5.41) is 7.24. The molecule has 0 spiro atoms. The predicted octanol–water partition coefficient (Wildman–Crippen LogP) is 6.01. The smallest absolute Gasteiger partial charge is 0.0294 e. The van der Waals surface area contributed by atoms with Crippen LogP contribution >= 0.6 is 0 Å². The third kappa shape index (κ3) is 5.79. The van der Waals surface area contributed by atoms with Gasteiger partial charge in [-0.15, -0.1) is 0 Å². The normalized spacial score (nSPS) is 13.3. The zero-order chi connectivity index (χ0) is 19.9. The Hall–Kier alpha value is -2.42. The molecule has 0 aliphatic heterocycles. The fraction of sp³-hybridized carbons (Fsp3) is 0.308. The number of rotatable bonds is 8. The van der Waals surface area contributed by atoms with Crippen molar-refractivity contribution in [1.82, 2.24) is 10.6 Å². The van der Waals surface area contributed by atoms with Crippen LogP contribution in [0.25, 0.3) is 0 Å². The van der Waals surface area contributed by atoms with E-state index in [1.807, 2.05) is 0 Å². The van der Waals surface area contributed by atoms with E-state index < -0.39 is 0 Å². The molecule has 0 aromatic heterocycles. The monoisotopic (exact) mass is 372 g/mol. The summed E-state index contributed by atoms with van der Waals surface area (Å²) in [7, 11) is 0. The Bertz CT molecular complexity index is 774. The molecule has 2 heteroatoms. The predicted molar refractivity (Wildman–Crippen MR) is 119 cm³/mol. The topological polar surface area (TPSA) is 24.1 Å². The molecule has 2 atom stereocenters. The van der Waals surface area contributed by atoms with Crippen molar-refractivity contribution in [2.24, 2.45) is 0 Å². The molecule has 3 aromatic carbocycles. The Morgan fingerprint density at radius 3 is 1.18 bits per heavy atom. The van der Waals surface area contributed by atoms with Gasteiger partial charge in [0.05, 0.1) is 0 Å². The van der Waals surface area contributed by atoms with Gasteiger partial charge >= 0.3 is 0 Å². The van der Waals surface area contributed by atoms with Crippen molar-refractivity contribution in [2.75, 3.05) is 0 Å². The Kier molecular flexibility index (Phi) is 7.02. The van der Waals surface area contributed by atoms with Gasteiger partial charge in [0, 0.05) is 25.2 Å². The second-order valence-corrected chi connectivity index (χ2v) is 7.84. The van der Waals surface area contributed by atoms with Gasteiger partial charge in [0.25, 0.3) is 0 Å². The van der Waals surface area contributed by atoms with Crippen LogP contribution in [0.3, 0.4) is 0 Å². The molecule has 3 aromatic rings. The van der Waals surface area contributed by atoms with Gasteiger partial charge in [0.2, 0.25) is 0 Å². The SMILES string of the molecule is Cc1ccc(CNC(C)c2ccc(C(C)NCc3ccc(C)cc3)cc2)cc1. The van der Waals surface area contributed by atoms with Gasteiger partial charge in [0.15, 0.2) is 0 Å². The van der Waals surface area contributed by atoms with Crippen LogP contribution in [-0.2, 0) is 13.1 Å². The van der Waals surface area contributed by atoms with Crippen LogP contribution in [0, 0.1) is 13.8 Å². The summed E-state index contributed by atoms with van der Waals surface area (Å²) >= 11 is 0. The first kappa shape index (κ1) is 20.3. The minimum atomic E-state index is 0.325. The van der Waals surface area contributed by atoms with Crippen LogP contribution < -0.4 is 10.6 Å². The molecule has 2 N–H and O–H groups in total. The van der Waals surface area contributed by atoms with E-state index >= 15 is 0 Å². The summed E-state index contributed by atoms with van der Waals surface area (Å²) in [6, 6.07) is 27.1. The lowest BCUT2D eigenvalue weighted by Gasteiger charge is -2.18. The molecule has 0 saturated carbocycles. The molecule has 0 radical (unpaired) electrons. The Balaban J connectivity index is 1.51. The fourth-order valence-electron chi connectivity index (χ4n) is 3.26. The third-order valence-electron chi connectivity index (χ3n) is 5.40. The van der Waals surface area contributed by atoms with E-state index in [2.05, 4.69) is 111 Å². The number of nitrogens with one attached hydrogen (secondary N) is 2. The number of hydrogen-bond donors (Lipinski definition) is 2. The second-order valence-electron chi connectivity index (χ2n) is 7.84. The van der Waals surface area contributed by atoms with Crippen molar-refractivity contribution in [3.05, 3.63) is 106 Å². The van der Waals surface area contributed by atoms with E-state index in [0.29, 0.717) is 12.1 Å². The average molecular weight is 373 g/mol. The molecule has 2 nitrogen and oxygen atoms in total. The van der Waals surface area contributed by atoms with Gasteiger partial charge in [-0.2, -0.15) is 0 Å². The molecule has 0 aliphatic rings. The van der Waals surface area contributed by atoms with Gasteiger partial charge in [-0.3, -0.25) is 0 Å². The van der Waals surface area contributed by atoms with E-state index in [9.17, 15) is 0 Å². The molecule has 28 heavy (non-hydrogen) atoms. The van der Waals surface area contributed by atoms with Gasteiger partial charge in [-0.25, -0.2) is 0 Å². The lowest BCUT2D eigenvalue weighted by atomic mass is 10.0. The summed E-state index contributed by atoms with van der Waals surface area (Å²) in [5.41, 5.74) is 7.89. The largest absolute Gasteiger partial charge is 0.306 e. The quantitative estimate of drug-likeness (QED) is 0.506. The standard InChI is InChI=1S/C26H32N2/c1-19-5-9-23(10-6-19)17-27-21(3)25-13-15-26(16-14-25)22(4)28-18-24-11-7-20(2)8-12-24/h5-16,21-22,27-28H,17-18H2,1-4H3. The Morgan fingerprint density at radius 2 is 0.857 bits per heavy atom. The summed E-state index contributed by atoms with van der Waals surface area (Å²) in [6.07, 6.45) is 0. The molecule has 0 saturated heterocycles. The highest BCUT2D eigenvalue weighted by molar-refractivity contribution is 5.28. The second kappa shape index (κ2) is 9.68. The minimum Gasteiger partial charge on any atom is -0.306 e. The van der Waals surface area contributed by atoms with Crippen LogP contribution in [0.15, 0.2) is 72.8 Å². The Labute approximate surface area is 170 Å². The molecule has 2 unspecified atom stereocenters. The van der Waals surface area contributed by atoms with Crippen molar-refractivity contribution in [2.45, 2.75) is 52.9 Å². The van der Waals surface area contributed by atoms with Crippen molar-refractivity contribution in [3.63, 3.8) is 0 Å². The van der Waals surface area contributed by atoms with Crippen molar-refractivity contribution in [1.29, 1.82) is 0 Å². The maximum absolute atomic E-state index is 3.62. The van der Waals surface area contributed by atoms with Gasteiger partial charge in [-0.05, 0) is 49.9 Å². The van der Waals surface area contributed by atoms with Gasteiger partial charge in [-0.1, -0.05) is 83.9 Å². The first-order chi connectivity index (χ1) is 13.5. The number of hydrogen-bond acceptors (Lipinski definition) is 2. The minimum absolute atomic E-state index is 0.325. The molecule has 0 bridgehead atoms. The number of benzene rings is 3. The maximum Gasteiger partial charge on any atom is 0.0294 e. The zero-order valence-corrected chi connectivity index (χ0v) is 17.5. The van der Waals surface area contributed by atoms with Gasteiger partial charge in [0.1, 0.15) is 0 Å². The summed E-state index contributed by atoms with van der Waals surface area (Å²) in [4.78, 5) is 0. The van der Waals surface area contributed by atoms with E-state index in [1.165, 1.54) is 33.4 Å². The Morgan fingerprint density at radius 1 is 0.536 bits per heavy atom. The lowest BCUT2D eigenvalue weighted by molar-refractivity contribution is 0.566. The molecular weight excluding hydrogens is 340 g/mol. The zero-order valence-electron chi connectivity index (χ0n) is 17.5. The summed E-state index contributed by atoms with van der Waals surface area (Å²) < 4.78 is 0. The third-order valence-corrected chi connectivity index (χ3v) is 5.40. The van der Waals surface area contributed by atoms with Crippen LogP contribution in [0.2, 0.25) is 0 Å². The summed E-state index contributed by atoms with van der Waals surface area (Å²) in [6.45, 7) is 10.5. The van der Waals surface area contributed by atoms with Crippen molar-refractivity contribution < 1.29 is 0 Å². The van der Waals surface area contributed by atoms with Crippen LogP contribution in [0.4, 0.5) is 0 Å². The molecule has 0 amide bonds. The molecule has 0 aliphatic carbocycles. The van der Waals surface area contributed by atoms with E-state index in [1.54, 1.807) is 0 Å². The highest BCUT2D eigenvalue weighted by atomic mass is 14.9. The van der Waals surface area contributed by atoms with E-state index in [-0.39, 0.29) is 0 Å². The van der Waals surface area contributed by atoms with Crippen LogP contribution in [0.5, 0.6) is 0 Å². The average Bonchev–Trinajstić information content (AvgIpc) is 2.72. The van der Waals surface area contributed by atoms with Crippen molar-refractivity contribution >= 4 is 0 Å². The van der Waals surface area contributed by atoms with Crippen LogP contribution in [0.1, 0.15) is 59.3 Å². The first-order valence-electron chi connectivity index (χ1n) is 10.2.